The minimum atomic E-state index is -0.641. The highest BCUT2D eigenvalue weighted by Crippen LogP contribution is 2.34. The van der Waals surface area contributed by atoms with Crippen molar-refractivity contribution < 1.29 is 0 Å². The molecule has 0 bridgehead atoms. The van der Waals surface area contributed by atoms with E-state index in [9.17, 15) is 0 Å². The second-order valence-corrected chi connectivity index (χ2v) is 5.64. The molecule has 0 aliphatic rings. The van der Waals surface area contributed by atoms with Crippen LogP contribution in [0.5, 0.6) is 0 Å². The van der Waals surface area contributed by atoms with E-state index in [0.717, 1.165) is 12.8 Å². The number of alkyl halides is 1. The van der Waals surface area contributed by atoms with E-state index in [0.29, 0.717) is 0 Å². The first-order valence-corrected chi connectivity index (χ1v) is 4.57. The highest BCUT2D eigenvalue weighted by molar-refractivity contribution is 8.17. The maximum absolute atomic E-state index is 5.83. The van der Waals surface area contributed by atoms with Crippen LogP contribution in [0.15, 0.2) is 0 Å². The second kappa shape index (κ2) is 4.27. The van der Waals surface area contributed by atoms with Gasteiger partial charge in [0.15, 0.2) is 0 Å². The lowest BCUT2D eigenvalue weighted by Crippen LogP contribution is -2.19. The molecule has 9 heavy (non-hydrogen) atoms. The fraction of sp³-hybridized carbons (Fsp3) is 1.00. The molecule has 0 fully saturated rings. The molecule has 56 valence electrons. The molecular weight excluding hydrogens is 192 g/mol. The summed E-state index contributed by atoms with van der Waals surface area (Å²) >= 11 is 18.1. The van der Waals surface area contributed by atoms with Crippen molar-refractivity contribution >= 4 is 49.5 Å². The van der Waals surface area contributed by atoms with Crippen LogP contribution in [-0.4, -0.2) is 8.79 Å². The summed E-state index contributed by atoms with van der Waals surface area (Å²) in [5.41, 5.74) is 0. The maximum Gasteiger partial charge on any atom is 0.115 e. The summed E-state index contributed by atoms with van der Waals surface area (Å²) in [5.74, 6) is 0. The molecule has 0 amide bonds. The normalized spacial score (nSPS) is 15.7. The van der Waals surface area contributed by atoms with Crippen LogP contribution in [0, 0.1) is 0 Å². The Morgan fingerprint density at radius 3 is 2.00 bits per heavy atom. The quantitative estimate of drug-likeness (QED) is 0.350. The Bertz CT molecular complexity index is 78.8. The van der Waals surface area contributed by atoms with Crippen molar-refractivity contribution in [1.29, 1.82) is 0 Å². The molecule has 0 aromatic rings. The number of halogens is 1. The van der Waals surface area contributed by atoms with Gasteiger partial charge < -0.3 is 0 Å². The summed E-state index contributed by atoms with van der Waals surface area (Å²) in [4.78, 5) is 0. The number of thiol groups is 3. The summed E-state index contributed by atoms with van der Waals surface area (Å²) in [6.45, 7) is 2.07. The smallest absolute Gasteiger partial charge is 0.115 e. The van der Waals surface area contributed by atoms with Gasteiger partial charge in [-0.05, 0) is 6.42 Å². The molecule has 0 saturated carbocycles. The number of hydrogen-bond acceptors (Lipinski definition) is 3. The van der Waals surface area contributed by atoms with Gasteiger partial charge in [0.1, 0.15) is 3.41 Å². The van der Waals surface area contributed by atoms with Gasteiger partial charge in [-0.2, -0.15) is 0 Å². The zero-order chi connectivity index (χ0) is 7.49. The summed E-state index contributed by atoms with van der Waals surface area (Å²) in [6, 6.07) is 0. The van der Waals surface area contributed by atoms with E-state index >= 15 is 0 Å². The summed E-state index contributed by atoms with van der Waals surface area (Å²) in [6.07, 6.45) is 1.94. The SMILES string of the molecule is CCCC(Cl)C(S)(S)S. The zero-order valence-corrected chi connectivity index (χ0v) is 8.65. The van der Waals surface area contributed by atoms with Crippen molar-refractivity contribution in [2.24, 2.45) is 0 Å². The molecule has 0 nitrogen and oxygen atoms in total. The van der Waals surface area contributed by atoms with Crippen LogP contribution < -0.4 is 0 Å². The standard InChI is InChI=1S/C5H11ClS3/c1-2-3-4(6)5(7,8)9/h4,7-9H,2-3H2,1H3. The Kier molecular flexibility index (Phi) is 4.90. The van der Waals surface area contributed by atoms with Gasteiger partial charge in [-0.1, -0.05) is 13.3 Å². The highest BCUT2D eigenvalue weighted by atomic mass is 35.5. The Morgan fingerprint density at radius 2 is 1.89 bits per heavy atom. The molecule has 0 heterocycles. The van der Waals surface area contributed by atoms with Crippen LogP contribution in [0.4, 0.5) is 0 Å². The van der Waals surface area contributed by atoms with Crippen LogP contribution in [0.1, 0.15) is 19.8 Å². The minimum Gasteiger partial charge on any atom is -0.150 e. The van der Waals surface area contributed by atoms with Gasteiger partial charge in [0.05, 0.1) is 5.38 Å². The van der Waals surface area contributed by atoms with E-state index in [4.69, 9.17) is 11.6 Å². The van der Waals surface area contributed by atoms with E-state index in [-0.39, 0.29) is 5.38 Å². The molecular formula is C5H11ClS3. The molecule has 0 aliphatic heterocycles. The molecule has 4 heteroatoms. The predicted molar refractivity (Wildman–Crippen MR) is 54.2 cm³/mol. The van der Waals surface area contributed by atoms with E-state index in [2.05, 4.69) is 44.8 Å². The molecule has 0 saturated heterocycles. The van der Waals surface area contributed by atoms with Crippen LogP contribution in [0.2, 0.25) is 0 Å². The Hall–Kier alpha value is 1.34. The van der Waals surface area contributed by atoms with Crippen LogP contribution in [0.3, 0.4) is 0 Å². The third-order valence-corrected chi connectivity index (χ3v) is 2.90. The van der Waals surface area contributed by atoms with Gasteiger partial charge in [-0.3, -0.25) is 0 Å². The lowest BCUT2D eigenvalue weighted by atomic mass is 10.3. The van der Waals surface area contributed by atoms with Crippen molar-refractivity contribution in [3.8, 4) is 0 Å². The Morgan fingerprint density at radius 1 is 1.44 bits per heavy atom. The fourth-order valence-electron chi connectivity index (χ4n) is 0.447. The van der Waals surface area contributed by atoms with Gasteiger partial charge in [-0.25, -0.2) is 0 Å². The predicted octanol–water partition coefficient (Wildman–Crippen LogP) is 2.84. The minimum absolute atomic E-state index is 0.0718. The largest absolute Gasteiger partial charge is 0.150 e. The third-order valence-electron chi connectivity index (χ3n) is 0.962. The topological polar surface area (TPSA) is 0 Å². The van der Waals surface area contributed by atoms with Crippen LogP contribution in [0.25, 0.3) is 0 Å². The third kappa shape index (κ3) is 4.71. The van der Waals surface area contributed by atoms with Gasteiger partial charge in [0, 0.05) is 0 Å². The first kappa shape index (κ1) is 10.3. The monoisotopic (exact) mass is 202 g/mol. The molecule has 1 unspecified atom stereocenters. The lowest BCUT2D eigenvalue weighted by Gasteiger charge is -2.21. The number of rotatable bonds is 3. The van der Waals surface area contributed by atoms with Crippen molar-refractivity contribution in [2.75, 3.05) is 0 Å². The molecule has 0 radical (unpaired) electrons. The van der Waals surface area contributed by atoms with Crippen LogP contribution in [-0.2, 0) is 0 Å². The molecule has 0 N–H and O–H groups in total. The summed E-state index contributed by atoms with van der Waals surface area (Å²) < 4.78 is -0.641. The fourth-order valence-corrected chi connectivity index (χ4v) is 1.05. The zero-order valence-electron chi connectivity index (χ0n) is 5.21. The maximum atomic E-state index is 5.83. The molecule has 0 aliphatic carbocycles. The lowest BCUT2D eigenvalue weighted by molar-refractivity contribution is 0.760. The Balaban J connectivity index is 3.59. The van der Waals surface area contributed by atoms with Gasteiger partial charge in [0.2, 0.25) is 0 Å². The first-order valence-electron chi connectivity index (χ1n) is 2.79. The molecule has 0 aromatic carbocycles. The Labute approximate surface area is 78.0 Å². The highest BCUT2D eigenvalue weighted by Gasteiger charge is 2.24. The van der Waals surface area contributed by atoms with E-state index in [1.54, 1.807) is 0 Å². The van der Waals surface area contributed by atoms with Gasteiger partial charge in [0.25, 0.3) is 0 Å². The summed E-state index contributed by atoms with van der Waals surface area (Å²) in [7, 11) is 0. The van der Waals surface area contributed by atoms with Crippen molar-refractivity contribution in [3.63, 3.8) is 0 Å². The van der Waals surface area contributed by atoms with Gasteiger partial charge >= 0.3 is 0 Å². The van der Waals surface area contributed by atoms with E-state index < -0.39 is 3.41 Å². The molecule has 0 spiro atoms. The van der Waals surface area contributed by atoms with Crippen molar-refractivity contribution in [2.45, 2.75) is 28.6 Å². The second-order valence-electron chi connectivity index (χ2n) is 1.94. The summed E-state index contributed by atoms with van der Waals surface area (Å²) in [5, 5.41) is -0.0718. The van der Waals surface area contributed by atoms with Crippen molar-refractivity contribution in [3.05, 3.63) is 0 Å². The average Bonchev–Trinajstić information content (AvgIpc) is 1.64. The molecule has 1 atom stereocenters. The van der Waals surface area contributed by atoms with E-state index in [1.807, 2.05) is 0 Å². The average molecular weight is 203 g/mol. The van der Waals surface area contributed by atoms with Crippen LogP contribution >= 0.6 is 49.5 Å². The molecule has 0 aromatic heterocycles. The van der Waals surface area contributed by atoms with E-state index in [1.165, 1.54) is 0 Å². The van der Waals surface area contributed by atoms with Gasteiger partial charge in [-0.15, -0.1) is 49.5 Å². The first-order chi connectivity index (χ1) is 3.98. The molecule has 0 rings (SSSR count). The number of hydrogen-bond donors (Lipinski definition) is 3. The van der Waals surface area contributed by atoms with Crippen molar-refractivity contribution in [1.82, 2.24) is 0 Å².